The number of amides is 1. The highest BCUT2D eigenvalue weighted by Gasteiger charge is 2.23. The molecular formula is C22H29N3O3. The smallest absolute Gasteiger partial charge is 0.251 e. The first-order chi connectivity index (χ1) is 13.6. The van der Waals surface area contributed by atoms with E-state index in [-0.39, 0.29) is 11.9 Å². The van der Waals surface area contributed by atoms with Gasteiger partial charge < -0.3 is 19.7 Å². The number of nitrogens with zero attached hydrogens (tertiary/aromatic N) is 2. The van der Waals surface area contributed by atoms with Crippen molar-refractivity contribution in [1.29, 1.82) is 0 Å². The number of ether oxygens (including phenoxy) is 2. The zero-order chi connectivity index (χ0) is 19.9. The van der Waals surface area contributed by atoms with Gasteiger partial charge in [0.15, 0.2) is 0 Å². The summed E-state index contributed by atoms with van der Waals surface area (Å²) >= 11 is 0. The maximum atomic E-state index is 12.7. The molecule has 0 saturated carbocycles. The summed E-state index contributed by atoms with van der Waals surface area (Å²) in [7, 11) is 5.60. The molecule has 3 rings (SSSR count). The average Bonchev–Trinajstić information content (AvgIpc) is 2.75. The minimum absolute atomic E-state index is 0.0597. The number of rotatable bonds is 7. The number of carbonyl (C=O) groups is 1. The lowest BCUT2D eigenvalue weighted by Crippen LogP contribution is -2.43. The van der Waals surface area contributed by atoms with Crippen LogP contribution in [0.15, 0.2) is 48.5 Å². The van der Waals surface area contributed by atoms with Crippen molar-refractivity contribution in [3.8, 4) is 5.75 Å². The lowest BCUT2D eigenvalue weighted by atomic mass is 10.0. The number of hydrogen-bond acceptors (Lipinski definition) is 5. The van der Waals surface area contributed by atoms with Crippen LogP contribution in [0.5, 0.6) is 5.75 Å². The molecule has 0 aromatic heterocycles. The fourth-order valence-electron chi connectivity index (χ4n) is 3.39. The Kier molecular flexibility index (Phi) is 6.90. The molecule has 1 atom stereocenters. The molecule has 0 aliphatic carbocycles. The Morgan fingerprint density at radius 3 is 2.54 bits per heavy atom. The van der Waals surface area contributed by atoms with Crippen LogP contribution in [0.3, 0.4) is 0 Å². The standard InChI is InChI=1S/C22H29N3O3/c1-24(2)19-6-4-5-18(15-19)22(26)23-16-21(25-11-13-28-14-12-25)17-7-9-20(27-3)10-8-17/h4-10,15,21H,11-14,16H2,1-3H3,(H,23,26). The Labute approximate surface area is 167 Å². The van der Waals surface area contributed by atoms with Gasteiger partial charge in [-0.05, 0) is 35.9 Å². The SMILES string of the molecule is COc1ccc(C(CNC(=O)c2cccc(N(C)C)c2)N2CCOCC2)cc1. The van der Waals surface area contributed by atoms with Gasteiger partial charge in [0.05, 0.1) is 26.4 Å². The number of methoxy groups -OCH3 is 1. The highest BCUT2D eigenvalue weighted by Crippen LogP contribution is 2.24. The molecule has 1 unspecified atom stereocenters. The van der Waals surface area contributed by atoms with Crippen LogP contribution in [-0.4, -0.2) is 64.9 Å². The van der Waals surface area contributed by atoms with Crippen LogP contribution in [0.2, 0.25) is 0 Å². The lowest BCUT2D eigenvalue weighted by molar-refractivity contribution is 0.0162. The maximum absolute atomic E-state index is 12.7. The number of hydrogen-bond donors (Lipinski definition) is 1. The Balaban J connectivity index is 1.73. The first kappa shape index (κ1) is 20.2. The molecule has 1 amide bonds. The molecule has 1 heterocycles. The molecule has 0 radical (unpaired) electrons. The molecule has 1 aliphatic heterocycles. The zero-order valence-corrected chi connectivity index (χ0v) is 16.9. The summed E-state index contributed by atoms with van der Waals surface area (Å²) in [5.41, 5.74) is 2.83. The summed E-state index contributed by atoms with van der Waals surface area (Å²) in [6, 6.07) is 15.8. The van der Waals surface area contributed by atoms with Crippen LogP contribution in [0, 0.1) is 0 Å². The van der Waals surface area contributed by atoms with Gasteiger partial charge in [0.1, 0.15) is 5.75 Å². The van der Waals surface area contributed by atoms with E-state index < -0.39 is 0 Å². The summed E-state index contributed by atoms with van der Waals surface area (Å²) in [6.45, 7) is 3.67. The third kappa shape index (κ3) is 5.03. The Morgan fingerprint density at radius 1 is 1.18 bits per heavy atom. The minimum atomic E-state index is -0.0597. The molecule has 1 N–H and O–H groups in total. The monoisotopic (exact) mass is 383 g/mol. The van der Waals surface area contributed by atoms with Gasteiger partial charge in [-0.15, -0.1) is 0 Å². The minimum Gasteiger partial charge on any atom is -0.497 e. The first-order valence-electron chi connectivity index (χ1n) is 9.60. The Bertz CT molecular complexity index is 771. The Hall–Kier alpha value is -2.57. The van der Waals surface area contributed by atoms with Gasteiger partial charge in [0, 0.05) is 45.0 Å². The van der Waals surface area contributed by atoms with Gasteiger partial charge in [0.2, 0.25) is 0 Å². The maximum Gasteiger partial charge on any atom is 0.251 e. The van der Waals surface area contributed by atoms with Crippen LogP contribution in [0.25, 0.3) is 0 Å². The van der Waals surface area contributed by atoms with E-state index in [4.69, 9.17) is 9.47 Å². The van der Waals surface area contributed by atoms with Crippen molar-refractivity contribution in [2.75, 3.05) is 59.0 Å². The van der Waals surface area contributed by atoms with E-state index in [0.717, 1.165) is 30.1 Å². The van der Waals surface area contributed by atoms with E-state index in [1.807, 2.05) is 55.4 Å². The molecule has 0 spiro atoms. The average molecular weight is 383 g/mol. The third-order valence-corrected chi connectivity index (χ3v) is 5.07. The van der Waals surface area contributed by atoms with Crippen LogP contribution < -0.4 is 15.0 Å². The Morgan fingerprint density at radius 2 is 1.89 bits per heavy atom. The predicted octanol–water partition coefficient (Wildman–Crippen LogP) is 2.56. The number of morpholine rings is 1. The molecule has 6 heteroatoms. The summed E-state index contributed by atoms with van der Waals surface area (Å²) in [5, 5.41) is 3.12. The second kappa shape index (κ2) is 9.57. The third-order valence-electron chi connectivity index (χ3n) is 5.07. The largest absolute Gasteiger partial charge is 0.497 e. The quantitative estimate of drug-likeness (QED) is 0.796. The van der Waals surface area contributed by atoms with E-state index in [9.17, 15) is 4.79 Å². The molecule has 2 aromatic rings. The molecule has 2 aromatic carbocycles. The van der Waals surface area contributed by atoms with Crippen molar-refractivity contribution in [2.24, 2.45) is 0 Å². The number of benzene rings is 2. The van der Waals surface area contributed by atoms with Crippen molar-refractivity contribution in [2.45, 2.75) is 6.04 Å². The van der Waals surface area contributed by atoms with E-state index in [1.165, 1.54) is 0 Å². The molecule has 1 saturated heterocycles. The van der Waals surface area contributed by atoms with E-state index in [1.54, 1.807) is 7.11 Å². The van der Waals surface area contributed by atoms with E-state index in [0.29, 0.717) is 25.3 Å². The molecular weight excluding hydrogens is 354 g/mol. The zero-order valence-electron chi connectivity index (χ0n) is 16.9. The highest BCUT2D eigenvalue weighted by molar-refractivity contribution is 5.95. The summed E-state index contributed by atoms with van der Waals surface area (Å²) in [5.74, 6) is 0.768. The van der Waals surface area contributed by atoms with Crippen molar-refractivity contribution in [3.63, 3.8) is 0 Å². The van der Waals surface area contributed by atoms with Crippen molar-refractivity contribution in [1.82, 2.24) is 10.2 Å². The van der Waals surface area contributed by atoms with Gasteiger partial charge in [0.25, 0.3) is 5.91 Å². The summed E-state index contributed by atoms with van der Waals surface area (Å²) in [6.07, 6.45) is 0. The van der Waals surface area contributed by atoms with Crippen LogP contribution in [0.4, 0.5) is 5.69 Å². The van der Waals surface area contributed by atoms with Crippen molar-refractivity contribution >= 4 is 11.6 Å². The molecule has 1 fully saturated rings. The first-order valence-corrected chi connectivity index (χ1v) is 9.60. The molecule has 1 aliphatic rings. The lowest BCUT2D eigenvalue weighted by Gasteiger charge is -2.35. The second-order valence-electron chi connectivity index (χ2n) is 7.09. The van der Waals surface area contributed by atoms with Gasteiger partial charge in [-0.3, -0.25) is 9.69 Å². The predicted molar refractivity (Wildman–Crippen MR) is 111 cm³/mol. The second-order valence-corrected chi connectivity index (χ2v) is 7.09. The number of anilines is 1. The topological polar surface area (TPSA) is 54.0 Å². The van der Waals surface area contributed by atoms with Gasteiger partial charge in [-0.2, -0.15) is 0 Å². The number of carbonyl (C=O) groups excluding carboxylic acids is 1. The molecule has 0 bridgehead atoms. The number of nitrogens with one attached hydrogen (secondary N) is 1. The highest BCUT2D eigenvalue weighted by atomic mass is 16.5. The van der Waals surface area contributed by atoms with Crippen LogP contribution >= 0.6 is 0 Å². The van der Waals surface area contributed by atoms with E-state index >= 15 is 0 Å². The van der Waals surface area contributed by atoms with E-state index in [2.05, 4.69) is 22.3 Å². The summed E-state index contributed by atoms with van der Waals surface area (Å²) < 4.78 is 10.8. The summed E-state index contributed by atoms with van der Waals surface area (Å²) in [4.78, 5) is 17.1. The fraction of sp³-hybridized carbons (Fsp3) is 0.409. The van der Waals surface area contributed by atoms with Crippen molar-refractivity contribution in [3.05, 3.63) is 59.7 Å². The van der Waals surface area contributed by atoms with Crippen molar-refractivity contribution < 1.29 is 14.3 Å². The molecule has 6 nitrogen and oxygen atoms in total. The molecule has 28 heavy (non-hydrogen) atoms. The van der Waals surface area contributed by atoms with Crippen LogP contribution in [0.1, 0.15) is 22.0 Å². The molecule has 150 valence electrons. The fourth-order valence-corrected chi connectivity index (χ4v) is 3.39. The normalized spacial score (nSPS) is 15.7. The van der Waals surface area contributed by atoms with Gasteiger partial charge >= 0.3 is 0 Å². The van der Waals surface area contributed by atoms with Gasteiger partial charge in [-0.25, -0.2) is 0 Å². The van der Waals surface area contributed by atoms with Gasteiger partial charge in [-0.1, -0.05) is 18.2 Å². The van der Waals surface area contributed by atoms with Crippen LogP contribution in [-0.2, 0) is 4.74 Å².